The Bertz CT molecular complexity index is 93.1. The third-order valence-electron chi connectivity index (χ3n) is 1.04. The molecule has 0 saturated heterocycles. The zero-order valence-corrected chi connectivity index (χ0v) is 5.59. The fourth-order valence-electron chi connectivity index (χ4n) is 0.536. The summed E-state index contributed by atoms with van der Waals surface area (Å²) in [6, 6.07) is -0.493. The van der Waals surface area contributed by atoms with Crippen LogP contribution in [0.2, 0.25) is 0 Å². The maximum absolute atomic E-state index is 10.5. The first kappa shape index (κ1) is 8.43. The van der Waals surface area contributed by atoms with Crippen molar-refractivity contribution in [3.8, 4) is 0 Å². The molecular weight excluding hydrogens is 118 g/mol. The lowest BCUT2D eigenvalue weighted by Crippen LogP contribution is -2.30. The van der Waals surface area contributed by atoms with Crippen LogP contribution in [0.15, 0.2) is 0 Å². The predicted octanol–water partition coefficient (Wildman–Crippen LogP) is 0.449. The second-order valence-corrected chi connectivity index (χ2v) is 1.86. The molecule has 0 aliphatic heterocycles. The Hall–Kier alpha value is -0.570. The summed E-state index contributed by atoms with van der Waals surface area (Å²) < 4.78 is 4.15. The molecule has 0 heterocycles. The highest BCUT2D eigenvalue weighted by Gasteiger charge is 2.10. The van der Waals surface area contributed by atoms with Gasteiger partial charge in [0.2, 0.25) is 0 Å². The van der Waals surface area contributed by atoms with E-state index in [1.54, 1.807) is 0 Å². The number of nitrogens with two attached hydrogens (primary N) is 1. The predicted molar refractivity (Wildman–Crippen MR) is 34.3 cm³/mol. The van der Waals surface area contributed by atoms with Crippen molar-refractivity contribution in [1.82, 2.24) is 0 Å². The minimum absolute atomic E-state index is 0.433. The van der Waals surface area contributed by atoms with Gasteiger partial charge in [-0.1, -0.05) is 13.3 Å². The van der Waals surface area contributed by atoms with Crippen molar-refractivity contribution in [3.63, 3.8) is 0 Å². The molecule has 53 valence electrons. The van der Waals surface area contributed by atoms with Gasteiger partial charge in [-0.2, -0.15) is 0 Å². The molecule has 2 N–H and O–H groups in total. The molecular formula is C6H12NO2. The van der Waals surface area contributed by atoms with E-state index < -0.39 is 12.0 Å². The summed E-state index contributed by atoms with van der Waals surface area (Å²) in [5.41, 5.74) is 5.32. The zero-order chi connectivity index (χ0) is 7.28. The first-order chi connectivity index (χ1) is 4.22. The van der Waals surface area contributed by atoms with E-state index in [1.807, 2.05) is 6.92 Å². The zero-order valence-electron chi connectivity index (χ0n) is 5.59. The third kappa shape index (κ3) is 3.08. The van der Waals surface area contributed by atoms with Gasteiger partial charge in [-0.15, -0.1) is 0 Å². The van der Waals surface area contributed by atoms with Crippen LogP contribution in [-0.2, 0) is 9.53 Å². The Labute approximate surface area is 55.2 Å². The van der Waals surface area contributed by atoms with Gasteiger partial charge >= 0.3 is 5.97 Å². The lowest BCUT2D eigenvalue weighted by Gasteiger charge is -2.05. The van der Waals surface area contributed by atoms with Gasteiger partial charge in [0, 0.05) is 0 Å². The molecule has 0 bridgehead atoms. The highest BCUT2D eigenvalue weighted by atomic mass is 16.5. The van der Waals surface area contributed by atoms with Crippen LogP contribution in [-0.4, -0.2) is 12.0 Å². The molecule has 9 heavy (non-hydrogen) atoms. The van der Waals surface area contributed by atoms with Gasteiger partial charge in [0.15, 0.2) is 0 Å². The molecule has 3 heteroatoms. The van der Waals surface area contributed by atoms with Crippen LogP contribution in [0.25, 0.3) is 0 Å². The number of hydrogen-bond acceptors (Lipinski definition) is 3. The summed E-state index contributed by atoms with van der Waals surface area (Å²) in [4.78, 5) is 10.5. The van der Waals surface area contributed by atoms with E-state index in [2.05, 4.69) is 11.8 Å². The summed E-state index contributed by atoms with van der Waals surface area (Å²) in [7, 11) is 2.96. The lowest BCUT2D eigenvalue weighted by atomic mass is 10.2. The van der Waals surface area contributed by atoms with Crippen LogP contribution >= 0.6 is 0 Å². The van der Waals surface area contributed by atoms with Crippen LogP contribution < -0.4 is 5.73 Å². The summed E-state index contributed by atoms with van der Waals surface area (Å²) in [5.74, 6) is -0.433. The van der Waals surface area contributed by atoms with Gasteiger partial charge in [0.1, 0.15) is 13.2 Å². The summed E-state index contributed by atoms with van der Waals surface area (Å²) in [6.45, 7) is 1.95. The van der Waals surface area contributed by atoms with Crippen LogP contribution in [0.4, 0.5) is 0 Å². The van der Waals surface area contributed by atoms with Crippen molar-refractivity contribution < 1.29 is 9.53 Å². The van der Waals surface area contributed by atoms with Gasteiger partial charge in [-0.3, -0.25) is 4.79 Å². The average molecular weight is 130 g/mol. The minimum Gasteiger partial charge on any atom is -0.461 e. The van der Waals surface area contributed by atoms with Crippen molar-refractivity contribution in [3.05, 3.63) is 7.11 Å². The molecule has 1 atom stereocenters. The molecule has 1 unspecified atom stereocenters. The lowest BCUT2D eigenvalue weighted by molar-refractivity contribution is -0.140. The SMILES string of the molecule is [CH2]OC(=O)C(N)CCC. The topological polar surface area (TPSA) is 52.3 Å². The van der Waals surface area contributed by atoms with Crippen LogP contribution in [0.3, 0.4) is 0 Å². The molecule has 0 aromatic rings. The Morgan fingerprint density at radius 1 is 1.89 bits per heavy atom. The number of rotatable bonds is 3. The molecule has 0 saturated carbocycles. The fraction of sp³-hybridized carbons (Fsp3) is 0.667. The maximum Gasteiger partial charge on any atom is 0.323 e. The molecule has 0 aromatic carbocycles. The van der Waals surface area contributed by atoms with E-state index in [-0.39, 0.29) is 0 Å². The highest BCUT2D eigenvalue weighted by molar-refractivity contribution is 5.75. The Balaban J connectivity index is 3.45. The van der Waals surface area contributed by atoms with E-state index in [9.17, 15) is 4.79 Å². The van der Waals surface area contributed by atoms with Crippen molar-refractivity contribution in [2.75, 3.05) is 0 Å². The van der Waals surface area contributed by atoms with E-state index in [0.29, 0.717) is 6.42 Å². The molecule has 0 rings (SSSR count). The fourth-order valence-corrected chi connectivity index (χ4v) is 0.536. The van der Waals surface area contributed by atoms with Gasteiger partial charge < -0.3 is 10.5 Å². The Morgan fingerprint density at radius 3 is 2.78 bits per heavy atom. The number of esters is 1. The van der Waals surface area contributed by atoms with E-state index in [0.717, 1.165) is 6.42 Å². The monoisotopic (exact) mass is 130 g/mol. The summed E-state index contributed by atoms with van der Waals surface area (Å²) >= 11 is 0. The number of carbonyl (C=O) groups is 1. The Kier molecular flexibility index (Phi) is 4.05. The minimum atomic E-state index is -0.493. The van der Waals surface area contributed by atoms with Crippen molar-refractivity contribution in [2.45, 2.75) is 25.8 Å². The van der Waals surface area contributed by atoms with Gasteiger partial charge in [-0.25, -0.2) is 0 Å². The first-order valence-corrected chi connectivity index (χ1v) is 2.93. The van der Waals surface area contributed by atoms with Crippen LogP contribution in [0.1, 0.15) is 19.8 Å². The van der Waals surface area contributed by atoms with Crippen LogP contribution in [0, 0.1) is 7.11 Å². The molecule has 3 nitrogen and oxygen atoms in total. The highest BCUT2D eigenvalue weighted by Crippen LogP contribution is 1.94. The average Bonchev–Trinajstić information content (AvgIpc) is 1.87. The van der Waals surface area contributed by atoms with Gasteiger partial charge in [-0.05, 0) is 6.42 Å². The number of carbonyl (C=O) groups excluding carboxylic acids is 1. The van der Waals surface area contributed by atoms with E-state index in [4.69, 9.17) is 5.73 Å². The van der Waals surface area contributed by atoms with Gasteiger partial charge in [0.25, 0.3) is 0 Å². The smallest absolute Gasteiger partial charge is 0.323 e. The van der Waals surface area contributed by atoms with Gasteiger partial charge in [0.05, 0.1) is 0 Å². The molecule has 0 aliphatic rings. The second-order valence-electron chi connectivity index (χ2n) is 1.86. The molecule has 1 radical (unpaired) electrons. The van der Waals surface area contributed by atoms with Crippen molar-refractivity contribution in [2.24, 2.45) is 5.73 Å². The molecule has 0 spiro atoms. The normalized spacial score (nSPS) is 12.8. The molecule has 0 amide bonds. The molecule has 0 fully saturated rings. The Morgan fingerprint density at radius 2 is 2.44 bits per heavy atom. The summed E-state index contributed by atoms with van der Waals surface area (Å²) in [6.07, 6.45) is 1.55. The van der Waals surface area contributed by atoms with E-state index in [1.165, 1.54) is 0 Å². The summed E-state index contributed by atoms with van der Waals surface area (Å²) in [5, 5.41) is 0. The largest absolute Gasteiger partial charge is 0.461 e. The van der Waals surface area contributed by atoms with Crippen molar-refractivity contribution in [1.29, 1.82) is 0 Å². The first-order valence-electron chi connectivity index (χ1n) is 2.93. The van der Waals surface area contributed by atoms with Crippen LogP contribution in [0.5, 0.6) is 0 Å². The number of ether oxygens (including phenoxy) is 1. The third-order valence-corrected chi connectivity index (χ3v) is 1.04. The standard InChI is InChI=1S/C6H12NO2/c1-3-4-5(7)6(8)9-2/h5H,2-4,7H2,1H3. The molecule has 0 aromatic heterocycles. The quantitative estimate of drug-likeness (QED) is 0.564. The number of hydrogen-bond donors (Lipinski definition) is 1. The second kappa shape index (κ2) is 4.32. The molecule has 0 aliphatic carbocycles. The maximum atomic E-state index is 10.5. The van der Waals surface area contributed by atoms with Crippen molar-refractivity contribution >= 4 is 5.97 Å². The van der Waals surface area contributed by atoms with E-state index >= 15 is 0 Å².